The fraction of sp³-hybridized carbons (Fsp3) is 0.931. The Balaban J connectivity index is 0.000000113. The van der Waals surface area contributed by atoms with Crippen molar-refractivity contribution in [2.24, 2.45) is 222 Å². The summed E-state index contributed by atoms with van der Waals surface area (Å²) in [5.41, 5.74) is 8.91. The Morgan fingerprint density at radius 1 is 0.329 bits per heavy atom. The molecule has 45 atom stereocenters. The molecule has 0 amide bonds. The number of fused-ring (bicyclic) bond motifs is 30. The van der Waals surface area contributed by atoms with Crippen LogP contribution in [0, 0.1) is 222 Å². The Bertz CT molecular complexity index is 4270. The van der Waals surface area contributed by atoms with Gasteiger partial charge < -0.3 is 51.0 Å². The van der Waals surface area contributed by atoms with E-state index in [1.165, 1.54) is 289 Å². The van der Waals surface area contributed by atoms with Gasteiger partial charge in [-0.1, -0.05) is 102 Å². The molecule has 2 saturated heterocycles. The van der Waals surface area contributed by atoms with Gasteiger partial charge in [-0.05, 0) is 617 Å². The van der Waals surface area contributed by atoms with Gasteiger partial charge in [-0.2, -0.15) is 0 Å². The van der Waals surface area contributed by atoms with Crippen molar-refractivity contribution in [1.82, 2.24) is 0 Å². The summed E-state index contributed by atoms with van der Waals surface area (Å²) in [5, 5.41) is 60.5. The number of ether oxygens (including phenoxy) is 4. The van der Waals surface area contributed by atoms with Crippen molar-refractivity contribution < 1.29 is 85.4 Å². The summed E-state index contributed by atoms with van der Waals surface area (Å²) < 4.78 is 22.3. The SMILES string of the molecule is CC=C1CC[C@H]2[C@@H]3CC[C@@H]4C[C@@](O)(CC)CC[C@@H]4[C@H]3CC[C@]12C.CC=C1CC[C@H]2[C@@H]3CC[C@@H]4C[C@@]5(CC[C@@H]4[C@H]3CC[C@]12C)CO5.CC=C1CC[C@H]2[C@@H]3CC[C@@H]4C[C@](O)(CC)CC[C@@H]4[C@H]3CC[C@]12C.CC=C1CC[C@H]2[C@@H]3CC[C@@H]4C[C@]5(CC[C@@H]4[C@H]3CC[C@]12C)CO5.CO.COC[C@@]1(O)CC[C@H]2[C@H](CC[C@@H]3[C@@H]2CC[C@]2(C)[C@@H](C(C)=O)CC[C@@H]32)C1.COC[C@@]1(O)CC[C@H]2[C@H](CC[C@@H]3[C@@H]2CC[C@]2(C)[C@@H](C(C)O)CC[C@@H]32)C1.[H-].[Na+]. The van der Waals surface area contributed by atoms with Gasteiger partial charge in [0.05, 0.1) is 66.1 Å². The van der Waals surface area contributed by atoms with Crippen LogP contribution in [0.4, 0.5) is 0 Å². The van der Waals surface area contributed by atoms with Crippen LogP contribution in [0.5, 0.6) is 0 Å². The number of hydrogen-bond donors (Lipinski definition) is 6. The van der Waals surface area contributed by atoms with Crippen LogP contribution in [0.15, 0.2) is 46.6 Å². The first-order valence-electron chi connectivity index (χ1n) is 62.5. The first-order valence-corrected chi connectivity index (χ1v) is 62.5. The number of Topliss-reactive ketones (excluding diaryl/α,β-unsaturated/α-hetero) is 1. The molecule has 6 N–H and O–H groups in total. The number of methoxy groups -OCH3 is 2. The van der Waals surface area contributed by atoms with Crippen molar-refractivity contribution in [3.63, 3.8) is 0 Å². The third-order valence-electron chi connectivity index (χ3n) is 53.8. The zero-order valence-corrected chi connectivity index (χ0v) is 97.0. The molecule has 26 fully saturated rings. The topological polar surface area (TPSA) is 182 Å². The third kappa shape index (κ3) is 20.1. The normalized spacial score (nSPS) is 54.0. The van der Waals surface area contributed by atoms with Gasteiger partial charge in [-0.15, -0.1) is 0 Å². The third-order valence-corrected chi connectivity index (χ3v) is 53.8. The number of carbonyl (C=O) groups excluding carboxylic acids is 1. The number of aliphatic hydroxyl groups excluding tert-OH is 2. The molecule has 2 aliphatic heterocycles. The molecule has 24 aliphatic carbocycles. The van der Waals surface area contributed by atoms with Gasteiger partial charge in [0.25, 0.3) is 0 Å². The Labute approximate surface area is 897 Å². The summed E-state index contributed by atoms with van der Waals surface area (Å²) in [6.45, 7) is 35.7. The van der Waals surface area contributed by atoms with E-state index in [-0.39, 0.29) is 53.7 Å². The Hall–Kier alpha value is -0.770. The fourth-order valence-electron chi connectivity index (χ4n) is 46.7. The molecule has 0 aromatic carbocycles. The molecule has 1 unspecified atom stereocenters. The standard InChI is InChI=1S/C22H38O3.C22H36O3.2C22H36O.2C21H32O.CH4O.Na.H/c2*1-14(23)19-6-7-20-18-5-4-15-12-22(24,13-25-3)11-9-16(15)17(18)8-10-21(19,20)2;2*1-4-16-7-9-20-19-8-6-15-14-22(23,5-2)13-11-17(15)18(19)10-12-21(16,20)3;2*1-3-15-5-7-19-18-6-4-14-12-21(13-22-21)11-9-16(14)17(18)8-10-20(15,19)2;1-2;;/h14-20,23-24H,4-13H2,1-3H3;15-20,24H,4-13H2,1-3H3;2*4,15,17-20,23H,5-14H2,1-3H3;2*3,14,16-19H,4-13H2,1-2H3;2H,1H3;;/q;;;;;;;+1;-1/t14?,15-,16+,17-,18-,19-,20+,21-,22-;15-,16+,17-,18-,19-,20+,21-,22-;15-,17+,18-,19-,20+,21-,22+;15-,17+,18-,19-,20+,21-,22-;14-,16+,17-,18-,19+,20-,21+;14-,16+,17-,18-,19+,20-,21-;;;/m111111.../s1. The minimum absolute atomic E-state index is 0. The second-order valence-corrected chi connectivity index (χ2v) is 58.5. The number of ketones is 1. The van der Waals surface area contributed by atoms with Crippen LogP contribution < -0.4 is 29.6 Å². The summed E-state index contributed by atoms with van der Waals surface area (Å²) in [4.78, 5) is 12.2. The summed E-state index contributed by atoms with van der Waals surface area (Å²) >= 11 is 0. The van der Waals surface area contributed by atoms with Gasteiger partial charge in [-0.3, -0.25) is 4.79 Å². The maximum absolute atomic E-state index is 12.2. The van der Waals surface area contributed by atoms with Gasteiger partial charge in [-0.25, -0.2) is 0 Å². The Morgan fingerprint density at radius 2 is 0.580 bits per heavy atom. The van der Waals surface area contributed by atoms with Crippen molar-refractivity contribution >= 4 is 5.78 Å². The molecule has 0 aromatic rings. The largest absolute Gasteiger partial charge is 1.00 e. The zero-order valence-electron chi connectivity index (χ0n) is 96.0. The van der Waals surface area contributed by atoms with Gasteiger partial charge in [0.2, 0.25) is 0 Å². The maximum Gasteiger partial charge on any atom is 1.00 e. The molecule has 0 bridgehead atoms. The van der Waals surface area contributed by atoms with Gasteiger partial charge in [0.15, 0.2) is 0 Å². The van der Waals surface area contributed by atoms with E-state index in [2.05, 4.69) is 107 Å². The van der Waals surface area contributed by atoms with Crippen molar-refractivity contribution in [1.29, 1.82) is 0 Å². The first-order chi connectivity index (χ1) is 68.1. The number of rotatable bonds is 8. The molecular formula is C131H215NaO11. The van der Waals surface area contributed by atoms with E-state index in [4.69, 9.17) is 24.1 Å². The summed E-state index contributed by atoms with van der Waals surface area (Å²) in [6.07, 6.45) is 83.4. The van der Waals surface area contributed by atoms with E-state index in [9.17, 15) is 30.3 Å². The fourth-order valence-corrected chi connectivity index (χ4v) is 46.7. The monoisotopic (exact) mass is 1990 g/mol. The molecule has 11 nitrogen and oxygen atoms in total. The molecule has 143 heavy (non-hydrogen) atoms. The summed E-state index contributed by atoms with van der Waals surface area (Å²) in [6, 6.07) is 0. The van der Waals surface area contributed by atoms with Crippen molar-refractivity contribution in [3.05, 3.63) is 46.6 Å². The van der Waals surface area contributed by atoms with Crippen LogP contribution in [-0.4, -0.2) is 124 Å². The van der Waals surface area contributed by atoms with E-state index < -0.39 is 11.2 Å². The molecular weight excluding hydrogens is 1770 g/mol. The van der Waals surface area contributed by atoms with E-state index in [0.29, 0.717) is 80.9 Å². The van der Waals surface area contributed by atoms with Crippen LogP contribution >= 0.6 is 0 Å². The Morgan fingerprint density at radius 3 is 0.860 bits per heavy atom. The quantitative estimate of drug-likeness (QED) is 0.0773. The second kappa shape index (κ2) is 43.3. The average Bonchev–Trinajstić information content (AvgIpc) is 1.56. The van der Waals surface area contributed by atoms with Crippen molar-refractivity contribution in [3.8, 4) is 0 Å². The summed E-state index contributed by atoms with van der Waals surface area (Å²) in [7, 11) is 4.41. The van der Waals surface area contributed by atoms with Crippen LogP contribution in [0.1, 0.15) is 458 Å². The van der Waals surface area contributed by atoms with E-state index in [0.717, 1.165) is 257 Å². The van der Waals surface area contributed by atoms with E-state index in [1.54, 1.807) is 36.5 Å². The molecule has 26 aliphatic rings. The number of aliphatic hydroxyl groups is 6. The predicted octanol–water partition coefficient (Wildman–Crippen LogP) is 27.1. The predicted molar refractivity (Wildman–Crippen MR) is 578 cm³/mol. The molecule has 0 radical (unpaired) electrons. The van der Waals surface area contributed by atoms with Gasteiger partial charge >= 0.3 is 29.6 Å². The van der Waals surface area contributed by atoms with E-state index in [1.807, 2.05) is 13.8 Å². The molecule has 12 heteroatoms. The first kappa shape index (κ1) is 110. The molecule has 806 valence electrons. The molecule has 0 aromatic heterocycles. The molecule has 2 heterocycles. The van der Waals surface area contributed by atoms with Crippen molar-refractivity contribution in [2.45, 2.75) is 496 Å². The molecule has 2 spiro atoms. The minimum atomic E-state index is -0.584. The van der Waals surface area contributed by atoms with Gasteiger partial charge in [0, 0.05) is 27.2 Å². The van der Waals surface area contributed by atoms with Crippen LogP contribution in [0.25, 0.3) is 0 Å². The second-order valence-electron chi connectivity index (χ2n) is 58.5. The summed E-state index contributed by atoms with van der Waals surface area (Å²) in [5.74, 6) is 29.0. The number of carbonyl (C=O) groups is 1. The molecule has 24 saturated carbocycles. The van der Waals surface area contributed by atoms with Gasteiger partial charge in [0.1, 0.15) is 5.78 Å². The number of allylic oxidation sites excluding steroid dienone is 8. The van der Waals surface area contributed by atoms with Crippen LogP contribution in [-0.2, 0) is 23.7 Å². The maximum atomic E-state index is 12.2. The smallest absolute Gasteiger partial charge is 1.00 e. The number of hydrogen-bond acceptors (Lipinski definition) is 11. The minimum Gasteiger partial charge on any atom is -1.00 e. The zero-order chi connectivity index (χ0) is 100. The number of epoxide rings is 2. The van der Waals surface area contributed by atoms with Crippen molar-refractivity contribution in [2.75, 3.05) is 47.8 Å². The Kier molecular flexibility index (Phi) is 33.5. The van der Waals surface area contributed by atoms with E-state index >= 15 is 0 Å². The van der Waals surface area contributed by atoms with Crippen LogP contribution in [0.2, 0.25) is 0 Å². The average molecular weight is 1990 g/mol. The molecule has 26 rings (SSSR count). The van der Waals surface area contributed by atoms with Crippen LogP contribution in [0.3, 0.4) is 0 Å².